The maximum absolute atomic E-state index is 5.15. The molecule has 0 fully saturated rings. The van der Waals surface area contributed by atoms with E-state index in [2.05, 4.69) is 30.6 Å². The second-order valence-electron chi connectivity index (χ2n) is 3.95. The van der Waals surface area contributed by atoms with Crippen molar-refractivity contribution >= 4 is 0 Å². The maximum Gasteiger partial charge on any atom is 0.225 e. The molecule has 0 aliphatic heterocycles. The van der Waals surface area contributed by atoms with Crippen LogP contribution in [0.1, 0.15) is 35.3 Å². The quantitative estimate of drug-likeness (QED) is 0.684. The van der Waals surface area contributed by atoms with Gasteiger partial charge in [-0.05, 0) is 0 Å². The monoisotopic (exact) mass is 278 g/mol. The highest BCUT2D eigenvalue weighted by Crippen LogP contribution is 2.06. The summed E-state index contributed by atoms with van der Waals surface area (Å²) in [5, 5.41) is 22.2. The molecule has 0 saturated carbocycles. The van der Waals surface area contributed by atoms with Gasteiger partial charge < -0.3 is 13.3 Å². The molecular weight excluding hydrogens is 264 g/mol. The Morgan fingerprint density at radius 1 is 0.550 bits per heavy atom. The van der Waals surface area contributed by atoms with Gasteiger partial charge in [-0.15, -0.1) is 30.6 Å². The Hall–Kier alpha value is -2.58. The molecule has 0 spiro atoms. The Balaban J connectivity index is 0.000000178. The van der Waals surface area contributed by atoms with Gasteiger partial charge in [-0.2, -0.15) is 0 Å². The fraction of sp³-hybridized carbons (Fsp3) is 0.455. The fourth-order valence-corrected chi connectivity index (χ4v) is 1.34. The van der Waals surface area contributed by atoms with E-state index in [1.165, 1.54) is 0 Å². The third-order valence-electron chi connectivity index (χ3n) is 2.07. The highest BCUT2D eigenvalue weighted by molar-refractivity contribution is 4.91. The number of aromatic nitrogens is 6. The van der Waals surface area contributed by atoms with Gasteiger partial charge in [-0.1, -0.05) is 0 Å². The fourth-order valence-electron chi connectivity index (χ4n) is 1.34. The van der Waals surface area contributed by atoms with Crippen molar-refractivity contribution in [1.82, 2.24) is 30.6 Å². The molecule has 0 aliphatic rings. The molecule has 0 atom stereocenters. The average molecular weight is 278 g/mol. The van der Waals surface area contributed by atoms with Crippen molar-refractivity contribution in [3.8, 4) is 0 Å². The first kappa shape index (κ1) is 13.8. The Kier molecular flexibility index (Phi) is 4.18. The van der Waals surface area contributed by atoms with Gasteiger partial charge in [0.25, 0.3) is 0 Å². The third-order valence-corrected chi connectivity index (χ3v) is 2.07. The van der Waals surface area contributed by atoms with Gasteiger partial charge >= 0.3 is 0 Å². The predicted octanol–water partition coefficient (Wildman–Crippen LogP) is 1.35. The molecule has 0 bridgehead atoms. The van der Waals surface area contributed by atoms with Gasteiger partial charge in [0.1, 0.15) is 6.42 Å². The number of nitrogens with zero attached hydrogens (tertiary/aromatic N) is 6. The highest BCUT2D eigenvalue weighted by atomic mass is 16.4. The van der Waals surface area contributed by atoms with Crippen molar-refractivity contribution in [2.24, 2.45) is 0 Å². The topological polar surface area (TPSA) is 117 Å². The second-order valence-corrected chi connectivity index (χ2v) is 3.95. The van der Waals surface area contributed by atoms with Crippen molar-refractivity contribution in [3.05, 3.63) is 35.3 Å². The van der Waals surface area contributed by atoms with E-state index in [4.69, 9.17) is 13.3 Å². The third kappa shape index (κ3) is 3.97. The normalized spacial score (nSPS) is 10.2. The number of aryl methyl sites for hydroxylation is 4. The molecule has 0 unspecified atom stereocenters. The predicted molar refractivity (Wildman–Crippen MR) is 64.6 cm³/mol. The average Bonchev–Trinajstić information content (AvgIpc) is 3.06. The lowest BCUT2D eigenvalue weighted by atomic mass is 10.4. The molecular formula is C11H14N6O3. The van der Waals surface area contributed by atoms with Crippen LogP contribution in [0.3, 0.4) is 0 Å². The molecule has 3 aromatic heterocycles. The first-order valence-corrected chi connectivity index (χ1v) is 5.87. The van der Waals surface area contributed by atoms with Crippen LogP contribution < -0.4 is 0 Å². The zero-order valence-corrected chi connectivity index (χ0v) is 11.6. The smallest absolute Gasteiger partial charge is 0.225 e. The zero-order valence-electron chi connectivity index (χ0n) is 11.6. The van der Waals surface area contributed by atoms with Crippen LogP contribution >= 0.6 is 0 Å². The maximum atomic E-state index is 5.15. The molecule has 20 heavy (non-hydrogen) atoms. The van der Waals surface area contributed by atoms with Crippen LogP contribution in [0.2, 0.25) is 0 Å². The Bertz CT molecular complexity index is 616. The van der Waals surface area contributed by atoms with E-state index in [0.717, 1.165) is 0 Å². The van der Waals surface area contributed by atoms with Crippen molar-refractivity contribution in [2.75, 3.05) is 0 Å². The summed E-state index contributed by atoms with van der Waals surface area (Å²) in [6.45, 7) is 6.99. The van der Waals surface area contributed by atoms with Gasteiger partial charge in [0.2, 0.25) is 35.3 Å². The molecule has 0 aliphatic carbocycles. The van der Waals surface area contributed by atoms with Crippen LogP contribution in [0.4, 0.5) is 0 Å². The van der Waals surface area contributed by atoms with Crippen LogP contribution in [0.25, 0.3) is 0 Å². The van der Waals surface area contributed by atoms with Gasteiger partial charge in [0.15, 0.2) is 0 Å². The van der Waals surface area contributed by atoms with E-state index in [-0.39, 0.29) is 0 Å². The van der Waals surface area contributed by atoms with E-state index in [9.17, 15) is 0 Å². The van der Waals surface area contributed by atoms with Gasteiger partial charge in [-0.25, -0.2) is 0 Å². The molecule has 9 heteroatoms. The number of rotatable bonds is 2. The largest absolute Gasteiger partial charge is 0.426 e. The van der Waals surface area contributed by atoms with Gasteiger partial charge in [0.05, 0.1) is 0 Å². The lowest BCUT2D eigenvalue weighted by molar-refractivity contribution is 0.432. The van der Waals surface area contributed by atoms with Crippen molar-refractivity contribution in [3.63, 3.8) is 0 Å². The minimum atomic E-state index is 0.391. The zero-order chi connectivity index (χ0) is 14.5. The summed E-state index contributed by atoms with van der Waals surface area (Å²) < 4.78 is 15.2. The van der Waals surface area contributed by atoms with Gasteiger partial charge in [0, 0.05) is 27.7 Å². The number of hydrogen-bond acceptors (Lipinski definition) is 9. The standard InChI is InChI=1S/C7H8N4O2.C4H6N2O/c1-4-8-10-6(12-4)3-7-11-9-5(2)13-7;1-3-5-6-4(2)7-3/h3H2,1-2H3;1-2H3. The number of hydrogen-bond donors (Lipinski definition) is 0. The first-order valence-electron chi connectivity index (χ1n) is 5.87. The lowest BCUT2D eigenvalue weighted by Gasteiger charge is -1.85. The minimum Gasteiger partial charge on any atom is -0.426 e. The SMILES string of the molecule is Cc1nnc(C)o1.Cc1nnc(Cc2nnc(C)o2)o1. The summed E-state index contributed by atoms with van der Waals surface area (Å²) in [4.78, 5) is 0. The Morgan fingerprint density at radius 3 is 1.15 bits per heavy atom. The minimum absolute atomic E-state index is 0.391. The molecule has 3 aromatic rings. The molecule has 3 heterocycles. The molecule has 0 radical (unpaired) electrons. The van der Waals surface area contributed by atoms with Crippen molar-refractivity contribution in [1.29, 1.82) is 0 Å². The molecule has 9 nitrogen and oxygen atoms in total. The lowest BCUT2D eigenvalue weighted by Crippen LogP contribution is -1.88. The summed E-state index contributed by atoms with van der Waals surface area (Å²) in [5.74, 6) is 3.29. The van der Waals surface area contributed by atoms with Crippen molar-refractivity contribution < 1.29 is 13.3 Å². The van der Waals surface area contributed by atoms with Crippen LogP contribution in [0.5, 0.6) is 0 Å². The van der Waals surface area contributed by atoms with Gasteiger partial charge in [-0.3, -0.25) is 0 Å². The van der Waals surface area contributed by atoms with Crippen LogP contribution in [0, 0.1) is 27.7 Å². The van der Waals surface area contributed by atoms with E-state index in [1.54, 1.807) is 27.7 Å². The Labute approximate surface area is 114 Å². The summed E-state index contributed by atoms with van der Waals surface area (Å²) in [6, 6.07) is 0. The Morgan fingerprint density at radius 2 is 0.900 bits per heavy atom. The molecule has 0 N–H and O–H groups in total. The van der Waals surface area contributed by atoms with E-state index in [0.29, 0.717) is 41.8 Å². The summed E-state index contributed by atoms with van der Waals surface area (Å²) >= 11 is 0. The van der Waals surface area contributed by atoms with Crippen LogP contribution in [-0.4, -0.2) is 30.6 Å². The summed E-state index contributed by atoms with van der Waals surface area (Å²) in [6.07, 6.45) is 0.391. The van der Waals surface area contributed by atoms with E-state index < -0.39 is 0 Å². The first-order chi connectivity index (χ1) is 9.52. The van der Waals surface area contributed by atoms with Crippen molar-refractivity contribution in [2.45, 2.75) is 34.1 Å². The van der Waals surface area contributed by atoms with Crippen LogP contribution in [0.15, 0.2) is 13.3 Å². The van der Waals surface area contributed by atoms with E-state index >= 15 is 0 Å². The highest BCUT2D eigenvalue weighted by Gasteiger charge is 2.08. The second kappa shape index (κ2) is 6.04. The summed E-state index contributed by atoms with van der Waals surface area (Å²) in [5.41, 5.74) is 0. The molecule has 3 rings (SSSR count). The molecule has 0 aromatic carbocycles. The molecule has 0 amide bonds. The van der Waals surface area contributed by atoms with Crippen LogP contribution in [-0.2, 0) is 6.42 Å². The molecule has 106 valence electrons. The van der Waals surface area contributed by atoms with E-state index in [1.807, 2.05) is 0 Å². The summed E-state index contributed by atoms with van der Waals surface area (Å²) in [7, 11) is 0. The molecule has 0 saturated heterocycles.